The van der Waals surface area contributed by atoms with Gasteiger partial charge in [0, 0.05) is 79.1 Å². The molecule has 6 rings (SSSR count). The lowest BCUT2D eigenvalue weighted by Crippen LogP contribution is -2.48. The zero-order chi connectivity index (χ0) is 32.4. The molecule has 0 aliphatic carbocycles. The first-order valence-corrected chi connectivity index (χ1v) is 16.2. The van der Waals surface area contributed by atoms with E-state index < -0.39 is 5.54 Å². The van der Waals surface area contributed by atoms with E-state index in [0.717, 1.165) is 71.3 Å². The number of rotatable bonds is 11. The van der Waals surface area contributed by atoms with Crippen molar-refractivity contribution in [3.8, 4) is 23.0 Å². The third-order valence-corrected chi connectivity index (χ3v) is 9.28. The van der Waals surface area contributed by atoms with Crippen LogP contribution in [0.4, 0.5) is 11.4 Å². The highest BCUT2D eigenvalue weighted by Gasteiger charge is 2.56. The van der Waals surface area contributed by atoms with Crippen LogP contribution < -0.4 is 19.3 Å². The largest absolute Gasteiger partial charge is 0.504 e. The van der Waals surface area contributed by atoms with Crippen molar-refractivity contribution in [2.24, 2.45) is 4.99 Å². The van der Waals surface area contributed by atoms with E-state index in [-0.39, 0.29) is 11.7 Å². The molecular formula is C38H42N4O4. The summed E-state index contributed by atoms with van der Waals surface area (Å²) in [4.78, 5) is 25.7. The number of anilines is 2. The van der Waals surface area contributed by atoms with Crippen molar-refractivity contribution in [3.63, 3.8) is 0 Å². The normalized spacial score (nSPS) is 14.2. The van der Waals surface area contributed by atoms with Gasteiger partial charge in [-0.3, -0.25) is 9.79 Å². The first kappa shape index (κ1) is 31.0. The van der Waals surface area contributed by atoms with Gasteiger partial charge in [-0.05, 0) is 75.2 Å². The quantitative estimate of drug-likeness (QED) is 0.181. The Balaban J connectivity index is 1.50. The third kappa shape index (κ3) is 5.02. The number of nitrogens with zero attached hydrogens (tertiary/aromatic N) is 4. The smallest absolute Gasteiger partial charge is 0.255 e. The highest BCUT2D eigenvalue weighted by molar-refractivity contribution is 6.02. The fraction of sp³-hybridized carbons (Fsp3) is 0.316. The molecule has 0 aromatic heterocycles. The molecule has 238 valence electrons. The highest BCUT2D eigenvalue weighted by Crippen LogP contribution is 2.58. The number of amides is 1. The van der Waals surface area contributed by atoms with Crippen LogP contribution >= 0.6 is 0 Å². The Morgan fingerprint density at radius 3 is 2.02 bits per heavy atom. The number of aromatic hydroxyl groups is 1. The Morgan fingerprint density at radius 2 is 1.43 bits per heavy atom. The van der Waals surface area contributed by atoms with Gasteiger partial charge in [0.05, 0.1) is 13.7 Å². The van der Waals surface area contributed by atoms with Crippen LogP contribution in [-0.4, -0.2) is 68.5 Å². The molecule has 4 aromatic carbocycles. The summed E-state index contributed by atoms with van der Waals surface area (Å²) >= 11 is 0. The van der Waals surface area contributed by atoms with Gasteiger partial charge in [-0.15, -0.1) is 0 Å². The number of hydrogen-bond acceptors (Lipinski definition) is 7. The SMILES string of the molecule is CCN(CC)c1ccc2c(c1)Oc1cc(N(CC)CC)ccc1C21c2ccccc2C(=O)N1CCN=Cc1ccc(O)c(OC)c1. The van der Waals surface area contributed by atoms with Gasteiger partial charge in [-0.1, -0.05) is 30.3 Å². The number of fused-ring (bicyclic) bond motifs is 6. The van der Waals surface area contributed by atoms with E-state index in [9.17, 15) is 9.90 Å². The zero-order valence-electron chi connectivity index (χ0n) is 27.3. The van der Waals surface area contributed by atoms with E-state index >= 15 is 0 Å². The van der Waals surface area contributed by atoms with Gasteiger partial charge in [0.25, 0.3) is 5.91 Å². The number of phenolic OH excluding ortho intramolecular Hbond substituents is 1. The summed E-state index contributed by atoms with van der Waals surface area (Å²) in [6.07, 6.45) is 1.75. The summed E-state index contributed by atoms with van der Waals surface area (Å²) in [5.41, 5.74) is 5.60. The summed E-state index contributed by atoms with van der Waals surface area (Å²) in [6.45, 7) is 12.9. The molecule has 46 heavy (non-hydrogen) atoms. The molecule has 0 saturated heterocycles. The third-order valence-electron chi connectivity index (χ3n) is 9.28. The van der Waals surface area contributed by atoms with Gasteiger partial charge in [0.15, 0.2) is 11.5 Å². The summed E-state index contributed by atoms with van der Waals surface area (Å²) in [5, 5.41) is 9.99. The molecule has 4 aromatic rings. The lowest BCUT2D eigenvalue weighted by atomic mass is 9.74. The number of phenols is 1. The molecule has 1 amide bonds. The Labute approximate surface area is 271 Å². The lowest BCUT2D eigenvalue weighted by Gasteiger charge is -2.44. The van der Waals surface area contributed by atoms with E-state index in [0.29, 0.717) is 24.4 Å². The number of aliphatic imine (C=N–C) groups is 1. The van der Waals surface area contributed by atoms with Gasteiger partial charge in [-0.25, -0.2) is 0 Å². The molecule has 0 atom stereocenters. The van der Waals surface area contributed by atoms with Crippen molar-refractivity contribution in [2.45, 2.75) is 33.2 Å². The van der Waals surface area contributed by atoms with Crippen molar-refractivity contribution in [1.82, 2.24) is 4.90 Å². The molecule has 2 aliphatic rings. The van der Waals surface area contributed by atoms with Crippen LogP contribution in [0, 0.1) is 0 Å². The van der Waals surface area contributed by atoms with Crippen LogP contribution in [0.15, 0.2) is 83.9 Å². The Morgan fingerprint density at radius 1 is 0.826 bits per heavy atom. The molecule has 8 heteroatoms. The zero-order valence-corrected chi connectivity index (χ0v) is 27.3. The summed E-state index contributed by atoms with van der Waals surface area (Å²) in [7, 11) is 1.52. The fourth-order valence-electron chi connectivity index (χ4n) is 7.00. The predicted molar refractivity (Wildman–Crippen MR) is 185 cm³/mol. The van der Waals surface area contributed by atoms with Crippen LogP contribution in [0.1, 0.15) is 60.3 Å². The maximum absolute atomic E-state index is 14.4. The minimum atomic E-state index is -0.891. The topological polar surface area (TPSA) is 77.8 Å². The first-order chi connectivity index (χ1) is 22.4. The minimum Gasteiger partial charge on any atom is -0.504 e. The monoisotopic (exact) mass is 618 g/mol. The van der Waals surface area contributed by atoms with Crippen molar-refractivity contribution in [3.05, 3.63) is 107 Å². The summed E-state index contributed by atoms with van der Waals surface area (Å²) in [6, 6.07) is 25.9. The number of carbonyl (C=O) groups excluding carboxylic acids is 1. The van der Waals surface area contributed by atoms with Gasteiger partial charge in [0.2, 0.25) is 0 Å². The average molecular weight is 619 g/mol. The van der Waals surface area contributed by atoms with Crippen molar-refractivity contribution >= 4 is 23.5 Å². The second kappa shape index (κ2) is 12.8. The van der Waals surface area contributed by atoms with Crippen LogP contribution in [0.3, 0.4) is 0 Å². The Kier molecular flexibility index (Phi) is 8.63. The lowest BCUT2D eigenvalue weighted by molar-refractivity contribution is 0.0673. The number of carbonyl (C=O) groups is 1. The molecular weight excluding hydrogens is 576 g/mol. The molecule has 0 radical (unpaired) electrons. The number of methoxy groups -OCH3 is 1. The van der Waals surface area contributed by atoms with Crippen molar-refractivity contribution < 1.29 is 19.4 Å². The Hall–Kier alpha value is -4.98. The van der Waals surface area contributed by atoms with E-state index in [1.54, 1.807) is 24.4 Å². The number of ether oxygens (including phenoxy) is 2. The number of benzene rings is 4. The summed E-state index contributed by atoms with van der Waals surface area (Å²) in [5.74, 6) is 1.94. The molecule has 0 fully saturated rings. The van der Waals surface area contributed by atoms with Gasteiger partial charge >= 0.3 is 0 Å². The second-order valence-corrected chi connectivity index (χ2v) is 11.5. The van der Waals surface area contributed by atoms with Gasteiger partial charge in [0.1, 0.15) is 17.0 Å². The first-order valence-electron chi connectivity index (χ1n) is 16.2. The molecule has 0 saturated carbocycles. The van der Waals surface area contributed by atoms with E-state index in [1.807, 2.05) is 23.1 Å². The molecule has 8 nitrogen and oxygen atoms in total. The Bertz CT molecular complexity index is 1720. The number of hydrogen-bond donors (Lipinski definition) is 1. The van der Waals surface area contributed by atoms with Gasteiger partial charge < -0.3 is 29.3 Å². The maximum atomic E-state index is 14.4. The van der Waals surface area contributed by atoms with Crippen LogP contribution in [0.25, 0.3) is 0 Å². The van der Waals surface area contributed by atoms with Crippen LogP contribution in [0.5, 0.6) is 23.0 Å². The van der Waals surface area contributed by atoms with Crippen LogP contribution in [0.2, 0.25) is 0 Å². The molecule has 2 heterocycles. The molecule has 1 N–H and O–H groups in total. The standard InChI is InChI=1S/C38H42N4O4/c1-6-40(7-2)27-15-17-31-34(23-27)46-35-24-28(41(8-3)9-4)16-18-32(35)38(31)30-13-11-10-12-29(30)37(44)42(38)21-20-39-25-26-14-19-33(43)36(22-26)45-5/h10-19,22-25,43H,6-9,20-21H2,1-5H3. The molecule has 0 unspecified atom stereocenters. The van der Waals surface area contributed by atoms with E-state index in [2.05, 4.69) is 80.0 Å². The van der Waals surface area contributed by atoms with Crippen molar-refractivity contribution in [2.75, 3.05) is 56.2 Å². The molecule has 0 bridgehead atoms. The second-order valence-electron chi connectivity index (χ2n) is 11.5. The van der Waals surface area contributed by atoms with Crippen molar-refractivity contribution in [1.29, 1.82) is 0 Å². The summed E-state index contributed by atoms with van der Waals surface area (Å²) < 4.78 is 12.0. The molecule has 1 spiro atoms. The average Bonchev–Trinajstić information content (AvgIpc) is 3.32. The highest BCUT2D eigenvalue weighted by atomic mass is 16.5. The molecule has 2 aliphatic heterocycles. The van der Waals surface area contributed by atoms with E-state index in [1.165, 1.54) is 7.11 Å². The minimum absolute atomic E-state index is 0.0310. The van der Waals surface area contributed by atoms with E-state index in [4.69, 9.17) is 14.5 Å². The van der Waals surface area contributed by atoms with Gasteiger partial charge in [-0.2, -0.15) is 0 Å². The maximum Gasteiger partial charge on any atom is 0.255 e. The predicted octanol–water partition coefficient (Wildman–Crippen LogP) is 7.07. The van der Waals surface area contributed by atoms with Crippen LogP contribution in [-0.2, 0) is 5.54 Å². The fourth-order valence-corrected chi connectivity index (χ4v) is 7.00.